The van der Waals surface area contributed by atoms with E-state index in [1.54, 1.807) is 29.2 Å². The number of nitrogens with zero attached hydrogens (tertiary/aromatic N) is 1. The number of hydrogen-bond acceptors (Lipinski definition) is 2. The van der Waals surface area contributed by atoms with E-state index in [1.165, 1.54) is 0 Å². The van der Waals surface area contributed by atoms with Gasteiger partial charge in [0.25, 0.3) is 0 Å². The molecule has 0 unspecified atom stereocenters. The molecule has 0 spiro atoms. The Bertz CT molecular complexity index is 489. The van der Waals surface area contributed by atoms with Crippen LogP contribution in [0.5, 0.6) is 0 Å². The zero-order valence-corrected chi connectivity index (χ0v) is 11.3. The van der Waals surface area contributed by atoms with Crippen molar-refractivity contribution in [1.82, 2.24) is 4.90 Å². The molecule has 1 amide bonds. The standard InChI is InChI=1S/C15H19NO3/c1-3-15(8-9-15)14(19)16(2)10-11-4-6-12(7-5-11)13(17)18/h4-7H,3,8-10H2,1-2H3,(H,17,18). The molecular weight excluding hydrogens is 242 g/mol. The molecule has 0 radical (unpaired) electrons. The lowest BCUT2D eigenvalue weighted by molar-refractivity contribution is -0.136. The third-order valence-corrected chi connectivity index (χ3v) is 3.95. The van der Waals surface area contributed by atoms with E-state index in [0.717, 1.165) is 24.8 Å². The summed E-state index contributed by atoms with van der Waals surface area (Å²) in [5.74, 6) is -0.726. The van der Waals surface area contributed by atoms with Crippen LogP contribution in [0.15, 0.2) is 24.3 Å². The molecule has 4 heteroatoms. The van der Waals surface area contributed by atoms with E-state index in [9.17, 15) is 9.59 Å². The fourth-order valence-corrected chi connectivity index (χ4v) is 2.37. The lowest BCUT2D eigenvalue weighted by Gasteiger charge is -2.22. The average Bonchev–Trinajstić information content (AvgIpc) is 3.19. The van der Waals surface area contributed by atoms with Gasteiger partial charge in [0.2, 0.25) is 5.91 Å². The van der Waals surface area contributed by atoms with Gasteiger partial charge in [-0.25, -0.2) is 4.79 Å². The summed E-state index contributed by atoms with van der Waals surface area (Å²) < 4.78 is 0. The Hall–Kier alpha value is -1.84. The summed E-state index contributed by atoms with van der Waals surface area (Å²) in [6.45, 7) is 2.58. The monoisotopic (exact) mass is 261 g/mol. The fourth-order valence-electron chi connectivity index (χ4n) is 2.37. The van der Waals surface area contributed by atoms with Crippen LogP contribution in [-0.4, -0.2) is 28.9 Å². The highest BCUT2D eigenvalue weighted by atomic mass is 16.4. The third kappa shape index (κ3) is 2.78. The SMILES string of the molecule is CCC1(C(=O)N(C)Cc2ccc(C(=O)O)cc2)CC1. The molecule has 0 heterocycles. The topological polar surface area (TPSA) is 57.6 Å². The first-order chi connectivity index (χ1) is 8.98. The molecule has 2 rings (SSSR count). The van der Waals surface area contributed by atoms with E-state index in [2.05, 4.69) is 6.92 Å². The van der Waals surface area contributed by atoms with Crippen LogP contribution < -0.4 is 0 Å². The fraction of sp³-hybridized carbons (Fsp3) is 0.467. The van der Waals surface area contributed by atoms with Gasteiger partial charge in [-0.15, -0.1) is 0 Å². The van der Waals surface area contributed by atoms with Gasteiger partial charge in [0.1, 0.15) is 0 Å². The molecule has 1 fully saturated rings. The number of carbonyl (C=O) groups excluding carboxylic acids is 1. The van der Waals surface area contributed by atoms with Crippen LogP contribution in [0.4, 0.5) is 0 Å². The van der Waals surface area contributed by atoms with Crippen molar-refractivity contribution in [1.29, 1.82) is 0 Å². The maximum Gasteiger partial charge on any atom is 0.335 e. The first-order valence-electron chi connectivity index (χ1n) is 6.56. The van der Waals surface area contributed by atoms with E-state index in [-0.39, 0.29) is 16.9 Å². The van der Waals surface area contributed by atoms with E-state index in [1.807, 2.05) is 7.05 Å². The Balaban J connectivity index is 2.01. The van der Waals surface area contributed by atoms with E-state index < -0.39 is 5.97 Å². The second kappa shape index (κ2) is 5.03. The van der Waals surface area contributed by atoms with Crippen molar-refractivity contribution in [3.8, 4) is 0 Å². The molecule has 1 aliphatic rings. The minimum absolute atomic E-state index is 0.115. The van der Waals surface area contributed by atoms with Crippen LogP contribution in [0.1, 0.15) is 42.1 Å². The number of hydrogen-bond donors (Lipinski definition) is 1. The highest BCUT2D eigenvalue weighted by Gasteiger charge is 2.49. The van der Waals surface area contributed by atoms with Crippen molar-refractivity contribution >= 4 is 11.9 Å². The van der Waals surface area contributed by atoms with Gasteiger partial charge in [0.05, 0.1) is 5.56 Å². The van der Waals surface area contributed by atoms with Gasteiger partial charge in [-0.05, 0) is 37.0 Å². The summed E-state index contributed by atoms with van der Waals surface area (Å²) in [6.07, 6.45) is 2.88. The zero-order chi connectivity index (χ0) is 14.0. The maximum absolute atomic E-state index is 12.3. The smallest absolute Gasteiger partial charge is 0.335 e. The van der Waals surface area contributed by atoms with Gasteiger partial charge in [-0.1, -0.05) is 19.1 Å². The predicted octanol–water partition coefficient (Wildman–Crippen LogP) is 2.53. The zero-order valence-electron chi connectivity index (χ0n) is 11.3. The number of rotatable bonds is 5. The molecule has 1 N–H and O–H groups in total. The van der Waals surface area contributed by atoms with E-state index in [4.69, 9.17) is 5.11 Å². The van der Waals surface area contributed by atoms with Crippen LogP contribution in [-0.2, 0) is 11.3 Å². The lowest BCUT2D eigenvalue weighted by Crippen LogP contribution is -2.33. The molecule has 0 bridgehead atoms. The molecule has 1 aromatic carbocycles. The van der Waals surface area contributed by atoms with Crippen molar-refractivity contribution in [3.63, 3.8) is 0 Å². The molecular formula is C15H19NO3. The summed E-state index contributed by atoms with van der Waals surface area (Å²) in [6, 6.07) is 6.67. The van der Waals surface area contributed by atoms with Crippen molar-refractivity contribution in [2.75, 3.05) is 7.05 Å². The molecule has 0 aromatic heterocycles. The van der Waals surface area contributed by atoms with Crippen molar-refractivity contribution < 1.29 is 14.7 Å². The lowest BCUT2D eigenvalue weighted by atomic mass is 10.0. The van der Waals surface area contributed by atoms with Gasteiger partial charge >= 0.3 is 5.97 Å². The summed E-state index contributed by atoms with van der Waals surface area (Å²) in [7, 11) is 1.81. The van der Waals surface area contributed by atoms with Gasteiger partial charge in [0.15, 0.2) is 0 Å². The molecule has 1 saturated carbocycles. The van der Waals surface area contributed by atoms with Crippen LogP contribution in [0.25, 0.3) is 0 Å². The van der Waals surface area contributed by atoms with Crippen LogP contribution in [0.3, 0.4) is 0 Å². The molecule has 0 atom stereocenters. The van der Waals surface area contributed by atoms with E-state index >= 15 is 0 Å². The molecule has 0 saturated heterocycles. The number of carboxylic acid groups (broad SMARTS) is 1. The summed E-state index contributed by atoms with van der Waals surface area (Å²) in [5, 5.41) is 8.83. The number of amides is 1. The minimum Gasteiger partial charge on any atom is -0.478 e. The van der Waals surface area contributed by atoms with Crippen molar-refractivity contribution in [3.05, 3.63) is 35.4 Å². The second-order valence-corrected chi connectivity index (χ2v) is 5.30. The normalized spacial score (nSPS) is 15.9. The first-order valence-corrected chi connectivity index (χ1v) is 6.56. The van der Waals surface area contributed by atoms with E-state index in [0.29, 0.717) is 6.54 Å². The number of carbonyl (C=O) groups is 2. The average molecular weight is 261 g/mol. The predicted molar refractivity (Wildman–Crippen MR) is 71.8 cm³/mol. The highest BCUT2D eigenvalue weighted by molar-refractivity contribution is 5.87. The van der Waals surface area contributed by atoms with Gasteiger partial charge in [0, 0.05) is 19.0 Å². The van der Waals surface area contributed by atoms with Crippen molar-refractivity contribution in [2.24, 2.45) is 5.41 Å². The molecule has 1 aliphatic carbocycles. The number of carboxylic acids is 1. The summed E-state index contributed by atoms with van der Waals surface area (Å²) in [5.41, 5.74) is 1.10. The molecule has 19 heavy (non-hydrogen) atoms. The van der Waals surface area contributed by atoms with Crippen LogP contribution >= 0.6 is 0 Å². The van der Waals surface area contributed by atoms with Crippen molar-refractivity contribution in [2.45, 2.75) is 32.7 Å². The Morgan fingerprint density at radius 1 is 1.26 bits per heavy atom. The largest absolute Gasteiger partial charge is 0.478 e. The first kappa shape index (κ1) is 13.6. The molecule has 4 nitrogen and oxygen atoms in total. The number of benzene rings is 1. The quantitative estimate of drug-likeness (QED) is 0.886. The second-order valence-electron chi connectivity index (χ2n) is 5.30. The Morgan fingerprint density at radius 2 is 1.84 bits per heavy atom. The third-order valence-electron chi connectivity index (χ3n) is 3.95. The summed E-state index contributed by atoms with van der Waals surface area (Å²) in [4.78, 5) is 24.8. The van der Waals surface area contributed by atoms with Gasteiger partial charge < -0.3 is 10.0 Å². The molecule has 102 valence electrons. The van der Waals surface area contributed by atoms with Gasteiger partial charge in [-0.2, -0.15) is 0 Å². The van der Waals surface area contributed by atoms with Crippen LogP contribution in [0, 0.1) is 5.41 Å². The van der Waals surface area contributed by atoms with Gasteiger partial charge in [-0.3, -0.25) is 4.79 Å². The molecule has 0 aliphatic heterocycles. The summed E-state index contributed by atoms with van der Waals surface area (Å²) >= 11 is 0. The Morgan fingerprint density at radius 3 is 2.26 bits per heavy atom. The minimum atomic E-state index is -0.932. The highest BCUT2D eigenvalue weighted by Crippen LogP contribution is 2.50. The Kier molecular flexibility index (Phi) is 3.60. The Labute approximate surface area is 113 Å². The number of aromatic carboxylic acids is 1. The maximum atomic E-state index is 12.3. The van der Waals surface area contributed by atoms with Crippen LogP contribution in [0.2, 0.25) is 0 Å². The molecule has 1 aromatic rings.